The summed E-state index contributed by atoms with van der Waals surface area (Å²) < 4.78 is 0. The third-order valence-corrected chi connectivity index (χ3v) is 6.00. The minimum Gasteiger partial charge on any atom is -0.369 e. The number of thiophene rings is 1. The molecule has 1 saturated heterocycles. The average Bonchev–Trinajstić information content (AvgIpc) is 3.12. The lowest BCUT2D eigenvalue weighted by Crippen LogP contribution is -2.45. The predicted octanol–water partition coefficient (Wildman–Crippen LogP) is 5.39. The molecule has 2 nitrogen and oxygen atoms in total. The van der Waals surface area contributed by atoms with Crippen molar-refractivity contribution in [2.24, 2.45) is 0 Å². The van der Waals surface area contributed by atoms with Crippen molar-refractivity contribution in [2.75, 3.05) is 31.1 Å². The van der Waals surface area contributed by atoms with Crippen molar-refractivity contribution in [1.82, 2.24) is 4.90 Å². The van der Waals surface area contributed by atoms with Gasteiger partial charge in [0.2, 0.25) is 0 Å². The number of halogens is 1. The Kier molecular flexibility index (Phi) is 5.07. The van der Waals surface area contributed by atoms with E-state index in [1.807, 2.05) is 23.5 Å². The molecule has 2 heterocycles. The first kappa shape index (κ1) is 16.6. The normalized spacial score (nSPS) is 15.5. The number of rotatable bonds is 4. The molecule has 1 aliphatic rings. The molecule has 0 N–H and O–H groups in total. The molecule has 2 aromatic carbocycles. The Bertz CT molecular complexity index is 823. The molecule has 0 amide bonds. The first-order chi connectivity index (χ1) is 12.3. The van der Waals surface area contributed by atoms with Crippen LogP contribution in [0.2, 0.25) is 5.02 Å². The molecule has 0 unspecified atom stereocenters. The standard InChI is InChI=1S/C21H21ClN2S/c22-18-7-4-8-19(15-18)24-13-11-23(12-14-24)16-20-9-10-21(25-20)17-5-2-1-3-6-17/h1-10,15H,11-14,16H2. The van der Waals surface area contributed by atoms with E-state index in [2.05, 4.69) is 64.4 Å². The molecule has 0 spiro atoms. The molecular weight excluding hydrogens is 348 g/mol. The molecule has 1 fully saturated rings. The number of nitrogens with zero attached hydrogens (tertiary/aromatic N) is 2. The fraction of sp³-hybridized carbons (Fsp3) is 0.238. The highest BCUT2D eigenvalue weighted by Crippen LogP contribution is 2.29. The van der Waals surface area contributed by atoms with E-state index in [0.29, 0.717) is 0 Å². The summed E-state index contributed by atoms with van der Waals surface area (Å²) in [5.74, 6) is 0. The van der Waals surface area contributed by atoms with Gasteiger partial charge < -0.3 is 4.90 Å². The lowest BCUT2D eigenvalue weighted by molar-refractivity contribution is 0.252. The molecule has 0 atom stereocenters. The molecule has 1 aliphatic heterocycles. The third kappa shape index (κ3) is 4.06. The van der Waals surface area contributed by atoms with E-state index in [0.717, 1.165) is 37.7 Å². The van der Waals surface area contributed by atoms with E-state index in [-0.39, 0.29) is 0 Å². The average molecular weight is 369 g/mol. The Balaban J connectivity index is 1.35. The molecule has 4 rings (SSSR count). The number of benzene rings is 2. The second-order valence-corrected chi connectivity index (χ2v) is 7.98. The number of hydrogen-bond acceptors (Lipinski definition) is 3. The predicted molar refractivity (Wildman–Crippen MR) is 109 cm³/mol. The monoisotopic (exact) mass is 368 g/mol. The molecular formula is C21H21ClN2S. The summed E-state index contributed by atoms with van der Waals surface area (Å²) >= 11 is 8.02. The first-order valence-electron chi connectivity index (χ1n) is 8.65. The second kappa shape index (κ2) is 7.61. The smallest absolute Gasteiger partial charge is 0.0426 e. The van der Waals surface area contributed by atoms with E-state index in [4.69, 9.17) is 11.6 Å². The minimum absolute atomic E-state index is 0.812. The Morgan fingerprint density at radius 1 is 0.840 bits per heavy atom. The highest BCUT2D eigenvalue weighted by atomic mass is 35.5. The van der Waals surface area contributed by atoms with Crippen LogP contribution in [0.15, 0.2) is 66.7 Å². The van der Waals surface area contributed by atoms with Crippen molar-refractivity contribution >= 4 is 28.6 Å². The van der Waals surface area contributed by atoms with Crippen LogP contribution >= 0.6 is 22.9 Å². The maximum atomic E-state index is 6.12. The van der Waals surface area contributed by atoms with Crippen LogP contribution < -0.4 is 4.90 Å². The summed E-state index contributed by atoms with van der Waals surface area (Å²) in [5.41, 5.74) is 2.54. The molecule has 4 heteroatoms. The Labute approximate surface area is 158 Å². The zero-order chi connectivity index (χ0) is 17.1. The molecule has 0 saturated carbocycles. The molecule has 25 heavy (non-hydrogen) atoms. The van der Waals surface area contributed by atoms with Gasteiger partial charge in [-0.3, -0.25) is 4.90 Å². The van der Waals surface area contributed by atoms with Crippen LogP contribution in [0.25, 0.3) is 10.4 Å². The minimum atomic E-state index is 0.812. The van der Waals surface area contributed by atoms with Gasteiger partial charge in [-0.2, -0.15) is 0 Å². The van der Waals surface area contributed by atoms with E-state index in [9.17, 15) is 0 Å². The van der Waals surface area contributed by atoms with Crippen LogP contribution in [0.4, 0.5) is 5.69 Å². The summed E-state index contributed by atoms with van der Waals surface area (Å²) in [4.78, 5) is 7.76. The summed E-state index contributed by atoms with van der Waals surface area (Å²) in [5, 5.41) is 0.812. The van der Waals surface area contributed by atoms with Crippen molar-refractivity contribution < 1.29 is 0 Å². The van der Waals surface area contributed by atoms with Gasteiger partial charge in [0, 0.05) is 53.2 Å². The van der Waals surface area contributed by atoms with Gasteiger partial charge in [0.25, 0.3) is 0 Å². The van der Waals surface area contributed by atoms with Gasteiger partial charge in [0.15, 0.2) is 0 Å². The SMILES string of the molecule is Clc1cccc(N2CCN(Cc3ccc(-c4ccccc4)s3)CC2)c1. The van der Waals surface area contributed by atoms with Crippen molar-refractivity contribution in [2.45, 2.75) is 6.54 Å². The van der Waals surface area contributed by atoms with E-state index < -0.39 is 0 Å². The highest BCUT2D eigenvalue weighted by Gasteiger charge is 2.18. The van der Waals surface area contributed by atoms with E-state index in [1.54, 1.807) is 0 Å². The van der Waals surface area contributed by atoms with Gasteiger partial charge in [-0.15, -0.1) is 11.3 Å². The maximum Gasteiger partial charge on any atom is 0.0426 e. The zero-order valence-corrected chi connectivity index (χ0v) is 15.6. The van der Waals surface area contributed by atoms with Crippen LogP contribution in [0.5, 0.6) is 0 Å². The Morgan fingerprint density at radius 2 is 1.64 bits per heavy atom. The molecule has 128 valence electrons. The topological polar surface area (TPSA) is 6.48 Å². The van der Waals surface area contributed by atoms with Crippen molar-refractivity contribution in [3.63, 3.8) is 0 Å². The van der Waals surface area contributed by atoms with Gasteiger partial charge in [0.1, 0.15) is 0 Å². The summed E-state index contributed by atoms with van der Waals surface area (Å²) in [6.07, 6.45) is 0. The highest BCUT2D eigenvalue weighted by molar-refractivity contribution is 7.15. The Morgan fingerprint density at radius 3 is 2.40 bits per heavy atom. The number of hydrogen-bond donors (Lipinski definition) is 0. The van der Waals surface area contributed by atoms with Crippen molar-refractivity contribution in [1.29, 1.82) is 0 Å². The number of anilines is 1. The van der Waals surface area contributed by atoms with Crippen LogP contribution in [-0.4, -0.2) is 31.1 Å². The van der Waals surface area contributed by atoms with Crippen LogP contribution in [0.1, 0.15) is 4.88 Å². The van der Waals surface area contributed by atoms with E-state index in [1.165, 1.54) is 21.0 Å². The van der Waals surface area contributed by atoms with Crippen molar-refractivity contribution in [3.8, 4) is 10.4 Å². The van der Waals surface area contributed by atoms with Crippen LogP contribution in [0.3, 0.4) is 0 Å². The van der Waals surface area contributed by atoms with Crippen LogP contribution in [-0.2, 0) is 6.54 Å². The molecule has 0 radical (unpaired) electrons. The van der Waals surface area contributed by atoms with Gasteiger partial charge in [-0.25, -0.2) is 0 Å². The second-order valence-electron chi connectivity index (χ2n) is 6.38. The summed E-state index contributed by atoms with van der Waals surface area (Å²) in [6, 6.07) is 23.3. The Hall–Kier alpha value is -1.81. The summed E-state index contributed by atoms with van der Waals surface area (Å²) in [6.45, 7) is 5.32. The molecule has 0 aliphatic carbocycles. The number of piperazine rings is 1. The third-order valence-electron chi connectivity index (χ3n) is 4.65. The fourth-order valence-corrected chi connectivity index (χ4v) is 4.52. The largest absolute Gasteiger partial charge is 0.369 e. The lowest BCUT2D eigenvalue weighted by Gasteiger charge is -2.36. The fourth-order valence-electron chi connectivity index (χ4n) is 3.28. The van der Waals surface area contributed by atoms with Gasteiger partial charge in [-0.05, 0) is 35.9 Å². The summed E-state index contributed by atoms with van der Waals surface area (Å²) in [7, 11) is 0. The molecule has 0 bridgehead atoms. The quantitative estimate of drug-likeness (QED) is 0.609. The van der Waals surface area contributed by atoms with E-state index >= 15 is 0 Å². The van der Waals surface area contributed by atoms with Gasteiger partial charge in [-0.1, -0.05) is 48.0 Å². The van der Waals surface area contributed by atoms with Gasteiger partial charge in [0.05, 0.1) is 0 Å². The molecule has 3 aromatic rings. The lowest BCUT2D eigenvalue weighted by atomic mass is 10.2. The van der Waals surface area contributed by atoms with Gasteiger partial charge >= 0.3 is 0 Å². The zero-order valence-electron chi connectivity index (χ0n) is 14.1. The molecule has 1 aromatic heterocycles. The maximum absolute atomic E-state index is 6.12. The first-order valence-corrected chi connectivity index (χ1v) is 9.84. The van der Waals surface area contributed by atoms with Crippen LogP contribution in [0, 0.1) is 0 Å². The van der Waals surface area contributed by atoms with Crippen molar-refractivity contribution in [3.05, 3.63) is 76.6 Å².